The molecule has 1 aromatic carbocycles. The maximum atomic E-state index is 5.82. The van der Waals surface area contributed by atoms with E-state index in [1.807, 2.05) is 12.1 Å². The van der Waals surface area contributed by atoms with E-state index >= 15 is 0 Å². The van der Waals surface area contributed by atoms with E-state index in [2.05, 4.69) is 15.9 Å². The first-order valence-electron chi connectivity index (χ1n) is 5.44. The van der Waals surface area contributed by atoms with Crippen molar-refractivity contribution in [2.45, 2.75) is 19.4 Å². The van der Waals surface area contributed by atoms with Gasteiger partial charge in [0.05, 0.1) is 13.7 Å². The van der Waals surface area contributed by atoms with E-state index in [4.69, 9.17) is 15.2 Å². The summed E-state index contributed by atoms with van der Waals surface area (Å²) in [5.74, 6) is 2.25. The molecule has 0 aliphatic heterocycles. The van der Waals surface area contributed by atoms with Crippen molar-refractivity contribution in [3.05, 3.63) is 22.2 Å². The summed E-state index contributed by atoms with van der Waals surface area (Å²) in [6, 6.07) is 3.83. The molecular formula is C12H16BrNO2. The molecule has 3 nitrogen and oxygen atoms in total. The molecule has 0 amide bonds. The molecule has 1 aliphatic rings. The van der Waals surface area contributed by atoms with Crippen molar-refractivity contribution in [3.8, 4) is 11.5 Å². The fourth-order valence-corrected chi connectivity index (χ4v) is 2.05. The average Bonchev–Trinajstić information content (AvgIpc) is 3.10. The second-order valence-corrected chi connectivity index (χ2v) is 4.87. The van der Waals surface area contributed by atoms with Crippen LogP contribution in [0.4, 0.5) is 0 Å². The van der Waals surface area contributed by atoms with Crippen LogP contribution < -0.4 is 15.2 Å². The molecule has 0 unspecified atom stereocenters. The second-order valence-electron chi connectivity index (χ2n) is 4.02. The Morgan fingerprint density at radius 1 is 1.44 bits per heavy atom. The SMILES string of the molecule is COc1ccc(Br)c(CN)c1OCC1CC1. The van der Waals surface area contributed by atoms with Gasteiger partial charge in [-0.2, -0.15) is 0 Å². The molecule has 0 aromatic heterocycles. The van der Waals surface area contributed by atoms with Crippen LogP contribution in [0.5, 0.6) is 11.5 Å². The Morgan fingerprint density at radius 2 is 2.19 bits per heavy atom. The summed E-state index contributed by atoms with van der Waals surface area (Å²) in [6.45, 7) is 1.21. The molecule has 4 heteroatoms. The van der Waals surface area contributed by atoms with E-state index < -0.39 is 0 Å². The smallest absolute Gasteiger partial charge is 0.166 e. The highest BCUT2D eigenvalue weighted by molar-refractivity contribution is 9.10. The lowest BCUT2D eigenvalue weighted by atomic mass is 10.2. The largest absolute Gasteiger partial charge is 0.493 e. The van der Waals surface area contributed by atoms with Crippen LogP contribution in [0.1, 0.15) is 18.4 Å². The fourth-order valence-electron chi connectivity index (χ4n) is 1.58. The predicted molar refractivity (Wildman–Crippen MR) is 66.8 cm³/mol. The molecule has 0 saturated heterocycles. The molecule has 1 aliphatic carbocycles. The van der Waals surface area contributed by atoms with Gasteiger partial charge < -0.3 is 15.2 Å². The Labute approximate surface area is 104 Å². The van der Waals surface area contributed by atoms with Crippen molar-refractivity contribution in [2.24, 2.45) is 11.7 Å². The molecule has 0 atom stereocenters. The molecule has 1 aromatic rings. The van der Waals surface area contributed by atoms with Crippen LogP contribution >= 0.6 is 15.9 Å². The number of halogens is 1. The topological polar surface area (TPSA) is 44.5 Å². The summed E-state index contributed by atoms with van der Waals surface area (Å²) in [5.41, 5.74) is 6.70. The normalized spacial score (nSPS) is 14.9. The minimum atomic E-state index is 0.442. The summed E-state index contributed by atoms with van der Waals surface area (Å²) < 4.78 is 12.1. The first kappa shape index (κ1) is 11.7. The Kier molecular flexibility index (Phi) is 3.71. The molecular weight excluding hydrogens is 270 g/mol. The summed E-state index contributed by atoms with van der Waals surface area (Å²) in [4.78, 5) is 0. The van der Waals surface area contributed by atoms with Gasteiger partial charge in [-0.1, -0.05) is 15.9 Å². The van der Waals surface area contributed by atoms with Crippen LogP contribution in [0, 0.1) is 5.92 Å². The lowest BCUT2D eigenvalue weighted by Gasteiger charge is -2.15. The predicted octanol–water partition coefficient (Wildman–Crippen LogP) is 2.71. The van der Waals surface area contributed by atoms with E-state index in [1.54, 1.807) is 7.11 Å². The van der Waals surface area contributed by atoms with Crippen molar-refractivity contribution in [3.63, 3.8) is 0 Å². The molecule has 2 N–H and O–H groups in total. The third-order valence-electron chi connectivity index (χ3n) is 2.75. The van der Waals surface area contributed by atoms with Gasteiger partial charge in [-0.3, -0.25) is 0 Å². The molecule has 0 bridgehead atoms. The van der Waals surface area contributed by atoms with Crippen LogP contribution in [0.2, 0.25) is 0 Å². The molecule has 0 heterocycles. The molecule has 1 saturated carbocycles. The fraction of sp³-hybridized carbons (Fsp3) is 0.500. The Morgan fingerprint density at radius 3 is 2.75 bits per heavy atom. The van der Waals surface area contributed by atoms with E-state index in [0.29, 0.717) is 12.5 Å². The van der Waals surface area contributed by atoms with Crippen molar-refractivity contribution >= 4 is 15.9 Å². The van der Waals surface area contributed by atoms with Crippen LogP contribution in [-0.2, 0) is 6.54 Å². The maximum Gasteiger partial charge on any atom is 0.166 e. The molecule has 2 rings (SSSR count). The molecule has 1 fully saturated rings. The number of ether oxygens (including phenoxy) is 2. The van der Waals surface area contributed by atoms with Crippen molar-refractivity contribution in [2.75, 3.05) is 13.7 Å². The van der Waals surface area contributed by atoms with E-state index in [-0.39, 0.29) is 0 Å². The first-order chi connectivity index (χ1) is 7.76. The second kappa shape index (κ2) is 5.06. The number of methoxy groups -OCH3 is 1. The van der Waals surface area contributed by atoms with Crippen LogP contribution in [0.25, 0.3) is 0 Å². The average molecular weight is 286 g/mol. The number of hydrogen-bond acceptors (Lipinski definition) is 3. The number of rotatable bonds is 5. The van der Waals surface area contributed by atoms with E-state index in [1.165, 1.54) is 12.8 Å². The third kappa shape index (κ3) is 2.50. The van der Waals surface area contributed by atoms with Crippen molar-refractivity contribution < 1.29 is 9.47 Å². The van der Waals surface area contributed by atoms with Gasteiger partial charge in [-0.05, 0) is 30.9 Å². The number of nitrogens with two attached hydrogens (primary N) is 1. The maximum absolute atomic E-state index is 5.82. The monoisotopic (exact) mass is 285 g/mol. The summed E-state index contributed by atoms with van der Waals surface area (Å²) in [7, 11) is 1.65. The van der Waals surface area contributed by atoms with Gasteiger partial charge in [0.1, 0.15) is 0 Å². The molecule has 16 heavy (non-hydrogen) atoms. The Hall–Kier alpha value is -0.740. The van der Waals surface area contributed by atoms with Crippen molar-refractivity contribution in [1.82, 2.24) is 0 Å². The highest BCUT2D eigenvalue weighted by atomic mass is 79.9. The zero-order valence-electron chi connectivity index (χ0n) is 9.33. The highest BCUT2D eigenvalue weighted by Gasteiger charge is 2.23. The Bertz CT molecular complexity index is 378. The molecule has 0 radical (unpaired) electrons. The third-order valence-corrected chi connectivity index (χ3v) is 3.49. The minimum absolute atomic E-state index is 0.442. The lowest BCUT2D eigenvalue weighted by molar-refractivity contribution is 0.277. The number of hydrogen-bond donors (Lipinski definition) is 1. The first-order valence-corrected chi connectivity index (χ1v) is 6.23. The van der Waals surface area contributed by atoms with Crippen LogP contribution in [-0.4, -0.2) is 13.7 Å². The van der Waals surface area contributed by atoms with E-state index in [0.717, 1.165) is 28.1 Å². The highest BCUT2D eigenvalue weighted by Crippen LogP contribution is 2.38. The molecule has 0 spiro atoms. The summed E-state index contributed by atoms with van der Waals surface area (Å²) in [5, 5.41) is 0. The Balaban J connectivity index is 2.24. The van der Waals surface area contributed by atoms with Gasteiger partial charge >= 0.3 is 0 Å². The van der Waals surface area contributed by atoms with Gasteiger partial charge in [0.2, 0.25) is 0 Å². The van der Waals surface area contributed by atoms with Crippen LogP contribution in [0.15, 0.2) is 16.6 Å². The lowest BCUT2D eigenvalue weighted by Crippen LogP contribution is -2.07. The zero-order chi connectivity index (χ0) is 11.5. The standard InChI is InChI=1S/C12H16BrNO2/c1-15-11-5-4-10(13)9(6-14)12(11)16-7-8-2-3-8/h4-5,8H,2-3,6-7,14H2,1H3. The van der Waals surface area contributed by atoms with Crippen LogP contribution in [0.3, 0.4) is 0 Å². The summed E-state index contributed by atoms with van der Waals surface area (Å²) >= 11 is 3.48. The van der Waals surface area contributed by atoms with Gasteiger partial charge in [0.15, 0.2) is 11.5 Å². The van der Waals surface area contributed by atoms with Gasteiger partial charge in [0.25, 0.3) is 0 Å². The minimum Gasteiger partial charge on any atom is -0.493 e. The zero-order valence-corrected chi connectivity index (χ0v) is 10.9. The number of benzene rings is 1. The van der Waals surface area contributed by atoms with Gasteiger partial charge in [-0.15, -0.1) is 0 Å². The molecule has 88 valence electrons. The van der Waals surface area contributed by atoms with Gasteiger partial charge in [-0.25, -0.2) is 0 Å². The van der Waals surface area contributed by atoms with Crippen molar-refractivity contribution in [1.29, 1.82) is 0 Å². The van der Waals surface area contributed by atoms with E-state index in [9.17, 15) is 0 Å². The quantitative estimate of drug-likeness (QED) is 0.905. The summed E-state index contributed by atoms with van der Waals surface area (Å²) in [6.07, 6.45) is 2.54. The van der Waals surface area contributed by atoms with Gasteiger partial charge in [0, 0.05) is 16.6 Å².